The second kappa shape index (κ2) is 9.85. The molecule has 3 amide bonds. The van der Waals surface area contributed by atoms with Gasteiger partial charge in [-0.05, 0) is 40.2 Å². The van der Waals surface area contributed by atoms with Gasteiger partial charge in [0.25, 0.3) is 0 Å². The lowest BCUT2D eigenvalue weighted by Gasteiger charge is -2.13. The molecule has 0 spiro atoms. The predicted molar refractivity (Wildman–Crippen MR) is 70.4 cm³/mol. The van der Waals surface area contributed by atoms with Crippen LogP contribution in [0.2, 0.25) is 0 Å². The quantitative estimate of drug-likeness (QED) is 0.558. The van der Waals surface area contributed by atoms with Crippen LogP contribution >= 0.6 is 0 Å². The van der Waals surface area contributed by atoms with Crippen molar-refractivity contribution in [1.29, 1.82) is 0 Å². The molecule has 0 aromatic rings. The molecule has 0 aromatic carbocycles. The molecule has 0 bridgehead atoms. The molecule has 6 heteroatoms. The number of ether oxygens (including phenoxy) is 1. The Labute approximate surface area is 109 Å². The summed E-state index contributed by atoms with van der Waals surface area (Å²) in [5, 5.41) is 7.60. The fourth-order valence-electron chi connectivity index (χ4n) is 1.24. The van der Waals surface area contributed by atoms with Gasteiger partial charge in [-0.2, -0.15) is 0 Å². The van der Waals surface area contributed by atoms with Crippen molar-refractivity contribution in [2.24, 2.45) is 0 Å². The number of rotatable bonds is 8. The van der Waals surface area contributed by atoms with Crippen LogP contribution in [0.4, 0.5) is 4.79 Å². The molecule has 0 radical (unpaired) electrons. The van der Waals surface area contributed by atoms with E-state index >= 15 is 0 Å². The van der Waals surface area contributed by atoms with Crippen molar-refractivity contribution in [3.63, 3.8) is 0 Å². The second-order valence-corrected chi connectivity index (χ2v) is 4.37. The van der Waals surface area contributed by atoms with Crippen LogP contribution in [0, 0.1) is 0 Å². The standard InChI is InChI=1S/C12H25N3O3/c1-9(2)18-8-6-5-7-14-10(3)11(16)15-12(17)13-4/h9-10,14H,5-8H2,1-4H3,(H2,13,15,16,17). The van der Waals surface area contributed by atoms with E-state index in [1.165, 1.54) is 7.05 Å². The van der Waals surface area contributed by atoms with Crippen molar-refractivity contribution in [1.82, 2.24) is 16.0 Å². The monoisotopic (exact) mass is 259 g/mol. The number of hydrogen-bond acceptors (Lipinski definition) is 4. The molecule has 0 saturated heterocycles. The second-order valence-electron chi connectivity index (χ2n) is 4.37. The first-order chi connectivity index (χ1) is 8.47. The van der Waals surface area contributed by atoms with Crippen molar-refractivity contribution in [3.8, 4) is 0 Å². The minimum absolute atomic E-state index is 0.259. The Morgan fingerprint density at radius 2 is 1.83 bits per heavy atom. The Morgan fingerprint density at radius 3 is 2.39 bits per heavy atom. The number of carbonyl (C=O) groups is 2. The largest absolute Gasteiger partial charge is 0.379 e. The maximum absolute atomic E-state index is 11.5. The summed E-state index contributed by atoms with van der Waals surface area (Å²) in [6.07, 6.45) is 2.15. The third-order valence-corrected chi connectivity index (χ3v) is 2.33. The van der Waals surface area contributed by atoms with Crippen molar-refractivity contribution in [2.45, 2.75) is 45.8 Å². The molecule has 0 heterocycles. The van der Waals surface area contributed by atoms with Gasteiger partial charge in [0.15, 0.2) is 0 Å². The number of amides is 3. The zero-order valence-electron chi connectivity index (χ0n) is 11.7. The minimum Gasteiger partial charge on any atom is -0.379 e. The summed E-state index contributed by atoms with van der Waals surface area (Å²) in [7, 11) is 1.47. The molecule has 0 aliphatic rings. The van der Waals surface area contributed by atoms with Crippen LogP contribution in [-0.4, -0.2) is 44.3 Å². The van der Waals surface area contributed by atoms with Gasteiger partial charge in [0, 0.05) is 13.7 Å². The predicted octanol–water partition coefficient (Wildman–Crippen LogP) is 0.625. The number of hydrogen-bond donors (Lipinski definition) is 3. The minimum atomic E-state index is -0.487. The molecule has 6 nitrogen and oxygen atoms in total. The van der Waals surface area contributed by atoms with E-state index in [1.54, 1.807) is 6.92 Å². The third kappa shape index (κ3) is 8.95. The van der Waals surface area contributed by atoms with Gasteiger partial charge in [0.2, 0.25) is 5.91 Å². The molecule has 0 fully saturated rings. The lowest BCUT2D eigenvalue weighted by atomic mass is 10.2. The fraction of sp³-hybridized carbons (Fsp3) is 0.833. The van der Waals surface area contributed by atoms with Gasteiger partial charge in [-0.15, -0.1) is 0 Å². The number of imide groups is 1. The summed E-state index contributed by atoms with van der Waals surface area (Å²) in [4.78, 5) is 22.4. The van der Waals surface area contributed by atoms with Gasteiger partial charge in [-0.3, -0.25) is 10.1 Å². The van der Waals surface area contributed by atoms with E-state index < -0.39 is 6.03 Å². The Morgan fingerprint density at radius 1 is 1.17 bits per heavy atom. The van der Waals surface area contributed by atoms with Crippen LogP contribution < -0.4 is 16.0 Å². The van der Waals surface area contributed by atoms with E-state index in [9.17, 15) is 9.59 Å². The maximum atomic E-state index is 11.5. The first kappa shape index (κ1) is 16.9. The molecule has 0 aliphatic carbocycles. The first-order valence-electron chi connectivity index (χ1n) is 6.35. The van der Waals surface area contributed by atoms with E-state index in [1.807, 2.05) is 13.8 Å². The summed E-state index contributed by atoms with van der Waals surface area (Å²) in [5.74, 6) is -0.326. The number of urea groups is 1. The van der Waals surface area contributed by atoms with Crippen LogP contribution in [0.15, 0.2) is 0 Å². The highest BCUT2D eigenvalue weighted by Gasteiger charge is 2.13. The summed E-state index contributed by atoms with van der Waals surface area (Å²) < 4.78 is 5.40. The lowest BCUT2D eigenvalue weighted by molar-refractivity contribution is -0.121. The molecular formula is C12H25N3O3. The fourth-order valence-corrected chi connectivity index (χ4v) is 1.24. The number of carbonyl (C=O) groups excluding carboxylic acids is 2. The highest BCUT2D eigenvalue weighted by atomic mass is 16.5. The molecule has 0 rings (SSSR count). The molecule has 3 N–H and O–H groups in total. The van der Waals surface area contributed by atoms with Crippen molar-refractivity contribution < 1.29 is 14.3 Å². The normalized spacial score (nSPS) is 12.3. The summed E-state index contributed by atoms with van der Waals surface area (Å²) in [6.45, 7) is 7.19. The number of nitrogens with one attached hydrogen (secondary N) is 3. The van der Waals surface area contributed by atoms with Gasteiger partial charge in [-0.1, -0.05) is 0 Å². The zero-order chi connectivity index (χ0) is 14.0. The molecule has 1 atom stereocenters. The SMILES string of the molecule is CNC(=O)NC(=O)C(C)NCCCCOC(C)C. The zero-order valence-corrected chi connectivity index (χ0v) is 11.7. The highest BCUT2D eigenvalue weighted by Crippen LogP contribution is 1.94. The van der Waals surface area contributed by atoms with Gasteiger partial charge in [0.1, 0.15) is 0 Å². The van der Waals surface area contributed by atoms with Crippen LogP contribution in [0.1, 0.15) is 33.6 Å². The van der Waals surface area contributed by atoms with Gasteiger partial charge >= 0.3 is 6.03 Å². The van der Waals surface area contributed by atoms with Crippen molar-refractivity contribution in [2.75, 3.05) is 20.2 Å². The maximum Gasteiger partial charge on any atom is 0.321 e. The highest BCUT2D eigenvalue weighted by molar-refractivity contribution is 5.96. The van der Waals surface area contributed by atoms with E-state index in [4.69, 9.17) is 4.74 Å². The van der Waals surface area contributed by atoms with Gasteiger partial charge < -0.3 is 15.4 Å². The molecular weight excluding hydrogens is 234 g/mol. The molecule has 0 aliphatic heterocycles. The molecule has 18 heavy (non-hydrogen) atoms. The summed E-state index contributed by atoms with van der Waals surface area (Å²) in [5.41, 5.74) is 0. The Kier molecular flexibility index (Phi) is 9.22. The average molecular weight is 259 g/mol. The Hall–Kier alpha value is -1.14. The Balaban J connectivity index is 3.55. The van der Waals surface area contributed by atoms with E-state index in [0.29, 0.717) is 0 Å². The molecule has 0 saturated carbocycles. The van der Waals surface area contributed by atoms with E-state index in [-0.39, 0.29) is 18.1 Å². The van der Waals surface area contributed by atoms with Gasteiger partial charge in [-0.25, -0.2) is 4.79 Å². The Bertz CT molecular complexity index is 257. The average Bonchev–Trinajstić information content (AvgIpc) is 2.32. The van der Waals surface area contributed by atoms with Crippen molar-refractivity contribution >= 4 is 11.9 Å². The summed E-state index contributed by atoms with van der Waals surface area (Å²) >= 11 is 0. The van der Waals surface area contributed by atoms with Crippen LogP contribution in [0.5, 0.6) is 0 Å². The molecule has 106 valence electrons. The van der Waals surface area contributed by atoms with E-state index in [2.05, 4.69) is 16.0 Å². The van der Waals surface area contributed by atoms with Crippen LogP contribution in [0.3, 0.4) is 0 Å². The summed E-state index contributed by atoms with van der Waals surface area (Å²) in [6, 6.07) is -0.868. The molecule has 1 unspecified atom stereocenters. The third-order valence-electron chi connectivity index (χ3n) is 2.33. The van der Waals surface area contributed by atoms with E-state index in [0.717, 1.165) is 26.0 Å². The van der Waals surface area contributed by atoms with Crippen molar-refractivity contribution in [3.05, 3.63) is 0 Å². The number of unbranched alkanes of at least 4 members (excludes halogenated alkanes) is 1. The van der Waals surface area contributed by atoms with Crippen LogP contribution in [0.25, 0.3) is 0 Å². The topological polar surface area (TPSA) is 79.5 Å². The molecule has 0 aromatic heterocycles. The van der Waals surface area contributed by atoms with Gasteiger partial charge in [0.05, 0.1) is 12.1 Å². The first-order valence-corrected chi connectivity index (χ1v) is 6.35. The smallest absolute Gasteiger partial charge is 0.321 e. The van der Waals surface area contributed by atoms with Crippen LogP contribution in [-0.2, 0) is 9.53 Å². The lowest BCUT2D eigenvalue weighted by Crippen LogP contribution is -2.47.